The molecule has 26 heavy (non-hydrogen) atoms. The second-order valence-corrected chi connectivity index (χ2v) is 7.12. The number of rotatable bonds is 3. The van der Waals surface area contributed by atoms with Gasteiger partial charge in [-0.3, -0.25) is 0 Å². The van der Waals surface area contributed by atoms with Gasteiger partial charge in [0.25, 0.3) is 0 Å². The first kappa shape index (κ1) is 17.2. The van der Waals surface area contributed by atoms with Crippen LogP contribution in [-0.2, 0) is 12.7 Å². The zero-order valence-corrected chi connectivity index (χ0v) is 14.6. The van der Waals surface area contributed by atoms with Crippen molar-refractivity contribution in [3.05, 3.63) is 58.7 Å². The van der Waals surface area contributed by atoms with Crippen LogP contribution < -0.4 is 16.0 Å². The quantitative estimate of drug-likeness (QED) is 0.754. The second kappa shape index (κ2) is 6.50. The van der Waals surface area contributed by atoms with E-state index >= 15 is 0 Å². The smallest absolute Gasteiger partial charge is 0.381 e. The van der Waals surface area contributed by atoms with Gasteiger partial charge >= 0.3 is 6.18 Å². The second-order valence-electron chi connectivity index (χ2n) is 7.12. The molecule has 2 aliphatic heterocycles. The summed E-state index contributed by atoms with van der Waals surface area (Å²) in [6, 6.07) is 11.1. The lowest BCUT2D eigenvalue weighted by Crippen LogP contribution is -2.38. The number of nitrogens with one attached hydrogen (secondary N) is 3. The molecule has 4 rings (SSSR count). The number of fused-ring (bicyclic) bond motifs is 3. The first-order chi connectivity index (χ1) is 12.4. The molecule has 1 fully saturated rings. The van der Waals surface area contributed by atoms with Crippen molar-refractivity contribution in [2.75, 3.05) is 23.7 Å². The van der Waals surface area contributed by atoms with E-state index in [0.717, 1.165) is 29.7 Å². The Labute approximate surface area is 151 Å². The minimum absolute atomic E-state index is 0.0824. The van der Waals surface area contributed by atoms with Gasteiger partial charge in [-0.05, 0) is 48.7 Å². The lowest BCUT2D eigenvalue weighted by molar-refractivity contribution is -0.136. The molecule has 0 radical (unpaired) electrons. The van der Waals surface area contributed by atoms with E-state index in [4.69, 9.17) is 0 Å². The van der Waals surface area contributed by atoms with Gasteiger partial charge in [0.2, 0.25) is 0 Å². The van der Waals surface area contributed by atoms with E-state index in [2.05, 4.69) is 16.0 Å². The first-order valence-electron chi connectivity index (χ1n) is 8.94. The highest BCUT2D eigenvalue weighted by atomic mass is 19.4. The summed E-state index contributed by atoms with van der Waals surface area (Å²) in [6.07, 6.45) is -3.54. The molecule has 1 saturated heterocycles. The van der Waals surface area contributed by atoms with E-state index in [1.807, 2.05) is 37.3 Å². The van der Waals surface area contributed by atoms with Gasteiger partial charge in [0.1, 0.15) is 0 Å². The van der Waals surface area contributed by atoms with Crippen molar-refractivity contribution in [1.82, 2.24) is 5.32 Å². The Bertz CT molecular complexity index is 816. The molecule has 3 N–H and O–H groups in total. The predicted octanol–water partition coefficient (Wildman–Crippen LogP) is 4.50. The molecule has 6 heteroatoms. The van der Waals surface area contributed by atoms with Crippen LogP contribution in [-0.4, -0.2) is 19.1 Å². The van der Waals surface area contributed by atoms with E-state index in [1.165, 1.54) is 6.07 Å². The Kier molecular flexibility index (Phi) is 4.31. The molecule has 2 heterocycles. The third-order valence-electron chi connectivity index (χ3n) is 5.43. The van der Waals surface area contributed by atoms with Gasteiger partial charge in [-0.2, -0.15) is 13.2 Å². The highest BCUT2D eigenvalue weighted by molar-refractivity contribution is 5.71. The third-order valence-corrected chi connectivity index (χ3v) is 5.43. The molecular formula is C20H22F3N3. The molecule has 0 bridgehead atoms. The van der Waals surface area contributed by atoms with Crippen LogP contribution in [0.15, 0.2) is 36.4 Å². The Hall–Kier alpha value is -2.21. The SMILES string of the molecule is Cc1ccccc1CNc1cc2c(c(C(F)(F)F)c1)NC1CCNCC21. The predicted molar refractivity (Wildman–Crippen MR) is 97.6 cm³/mol. The zero-order chi connectivity index (χ0) is 18.3. The molecule has 3 nitrogen and oxygen atoms in total. The molecule has 138 valence electrons. The lowest BCUT2D eigenvalue weighted by atomic mass is 9.89. The molecule has 0 aliphatic carbocycles. The van der Waals surface area contributed by atoms with Crippen LogP contribution in [0.25, 0.3) is 0 Å². The maximum Gasteiger partial charge on any atom is 0.418 e. The number of benzene rings is 2. The summed E-state index contributed by atoms with van der Waals surface area (Å²) in [5.74, 6) is 0.0834. The highest BCUT2D eigenvalue weighted by Gasteiger charge is 2.42. The van der Waals surface area contributed by atoms with Crippen LogP contribution in [0.2, 0.25) is 0 Å². The van der Waals surface area contributed by atoms with Crippen molar-refractivity contribution in [2.24, 2.45) is 0 Å². The summed E-state index contributed by atoms with van der Waals surface area (Å²) in [6.45, 7) is 4.05. The van der Waals surface area contributed by atoms with Crippen LogP contribution in [0.5, 0.6) is 0 Å². The fourth-order valence-electron chi connectivity index (χ4n) is 3.99. The Morgan fingerprint density at radius 3 is 2.77 bits per heavy atom. The Morgan fingerprint density at radius 1 is 1.19 bits per heavy atom. The van der Waals surface area contributed by atoms with Crippen LogP contribution >= 0.6 is 0 Å². The summed E-state index contributed by atoms with van der Waals surface area (Å²) in [5, 5.41) is 9.62. The summed E-state index contributed by atoms with van der Waals surface area (Å²) < 4.78 is 40.9. The minimum Gasteiger partial charge on any atom is -0.381 e. The molecule has 2 atom stereocenters. The summed E-state index contributed by atoms with van der Waals surface area (Å²) in [4.78, 5) is 0. The molecule has 0 saturated carbocycles. The van der Waals surface area contributed by atoms with Gasteiger partial charge in [0.15, 0.2) is 0 Å². The van der Waals surface area contributed by atoms with E-state index in [9.17, 15) is 13.2 Å². The monoisotopic (exact) mass is 361 g/mol. The van der Waals surface area contributed by atoms with Crippen molar-refractivity contribution < 1.29 is 13.2 Å². The lowest BCUT2D eigenvalue weighted by Gasteiger charge is -2.26. The fraction of sp³-hybridized carbons (Fsp3) is 0.400. The molecule has 0 aromatic heterocycles. The minimum atomic E-state index is -4.38. The molecule has 2 aliphatic rings. The van der Waals surface area contributed by atoms with Crippen molar-refractivity contribution >= 4 is 11.4 Å². The van der Waals surface area contributed by atoms with Crippen molar-refractivity contribution in [3.63, 3.8) is 0 Å². The van der Waals surface area contributed by atoms with Gasteiger partial charge in [0, 0.05) is 30.7 Å². The summed E-state index contributed by atoms with van der Waals surface area (Å²) >= 11 is 0. The summed E-state index contributed by atoms with van der Waals surface area (Å²) in [7, 11) is 0. The number of alkyl halides is 3. The molecule has 0 spiro atoms. The van der Waals surface area contributed by atoms with Crippen molar-refractivity contribution in [3.8, 4) is 0 Å². The number of anilines is 2. The van der Waals surface area contributed by atoms with E-state index in [0.29, 0.717) is 18.8 Å². The first-order valence-corrected chi connectivity index (χ1v) is 8.94. The van der Waals surface area contributed by atoms with E-state index in [-0.39, 0.29) is 17.6 Å². The Balaban J connectivity index is 1.67. The maximum atomic E-state index is 13.6. The fourth-order valence-corrected chi connectivity index (χ4v) is 3.99. The van der Waals surface area contributed by atoms with Crippen molar-refractivity contribution in [2.45, 2.75) is 38.0 Å². The van der Waals surface area contributed by atoms with E-state index < -0.39 is 11.7 Å². The van der Waals surface area contributed by atoms with Crippen LogP contribution in [0.4, 0.5) is 24.5 Å². The average Bonchev–Trinajstić information content (AvgIpc) is 2.98. The number of piperidine rings is 1. The number of halogens is 3. The normalized spacial score (nSPS) is 21.7. The van der Waals surface area contributed by atoms with Crippen molar-refractivity contribution in [1.29, 1.82) is 0 Å². The summed E-state index contributed by atoms with van der Waals surface area (Å²) in [5.41, 5.74) is 3.18. The largest absolute Gasteiger partial charge is 0.418 e. The van der Waals surface area contributed by atoms with Gasteiger partial charge in [-0.1, -0.05) is 24.3 Å². The number of hydrogen-bond donors (Lipinski definition) is 3. The molecule has 0 amide bonds. The van der Waals surface area contributed by atoms with Gasteiger partial charge < -0.3 is 16.0 Å². The van der Waals surface area contributed by atoms with Crippen LogP contribution in [0, 0.1) is 6.92 Å². The Morgan fingerprint density at radius 2 is 2.00 bits per heavy atom. The van der Waals surface area contributed by atoms with Crippen LogP contribution in [0.1, 0.15) is 34.6 Å². The van der Waals surface area contributed by atoms with Gasteiger partial charge in [0.05, 0.1) is 11.3 Å². The van der Waals surface area contributed by atoms with Crippen LogP contribution in [0.3, 0.4) is 0 Å². The zero-order valence-electron chi connectivity index (χ0n) is 14.6. The number of hydrogen-bond acceptors (Lipinski definition) is 3. The van der Waals surface area contributed by atoms with E-state index in [1.54, 1.807) is 0 Å². The molecule has 2 aromatic rings. The highest BCUT2D eigenvalue weighted by Crippen LogP contribution is 2.47. The molecular weight excluding hydrogens is 339 g/mol. The topological polar surface area (TPSA) is 36.1 Å². The average molecular weight is 361 g/mol. The van der Waals surface area contributed by atoms with Gasteiger partial charge in [-0.25, -0.2) is 0 Å². The maximum absolute atomic E-state index is 13.6. The van der Waals surface area contributed by atoms with Gasteiger partial charge in [-0.15, -0.1) is 0 Å². The standard InChI is InChI=1S/C20H22F3N3/c1-12-4-2-3-5-13(12)10-25-14-8-15-16-11-24-7-6-18(16)26-19(15)17(9-14)20(21,22)23/h2-5,8-9,16,18,24-26H,6-7,10-11H2,1H3. The number of aryl methyl sites for hydroxylation is 1. The molecule has 2 aromatic carbocycles. The third kappa shape index (κ3) is 3.14. The molecule has 2 unspecified atom stereocenters.